The Labute approximate surface area is 161 Å². The van der Waals surface area contributed by atoms with Gasteiger partial charge in [0.05, 0.1) is 4.90 Å². The summed E-state index contributed by atoms with van der Waals surface area (Å²) in [6.45, 7) is 5.50. The van der Waals surface area contributed by atoms with Crippen molar-refractivity contribution in [2.45, 2.75) is 57.0 Å². The molecule has 6 heteroatoms. The van der Waals surface area contributed by atoms with Gasteiger partial charge in [-0.3, -0.25) is 4.79 Å². The first-order valence-corrected chi connectivity index (χ1v) is 10.7. The lowest BCUT2D eigenvalue weighted by Crippen LogP contribution is -2.48. The fourth-order valence-electron chi connectivity index (χ4n) is 3.40. The fraction of sp³-hybridized carbons (Fsp3) is 0.381. The largest absolute Gasteiger partial charge is 0.352 e. The van der Waals surface area contributed by atoms with Crippen molar-refractivity contribution in [3.8, 4) is 0 Å². The van der Waals surface area contributed by atoms with Gasteiger partial charge < -0.3 is 5.32 Å². The smallest absolute Gasteiger partial charge is 0.241 e. The van der Waals surface area contributed by atoms with Gasteiger partial charge in [-0.05, 0) is 56.7 Å². The van der Waals surface area contributed by atoms with Crippen LogP contribution in [0.3, 0.4) is 0 Å². The summed E-state index contributed by atoms with van der Waals surface area (Å²) in [7, 11) is -3.83. The van der Waals surface area contributed by atoms with Crippen LogP contribution < -0.4 is 10.0 Å². The van der Waals surface area contributed by atoms with Crippen molar-refractivity contribution in [1.29, 1.82) is 0 Å². The summed E-state index contributed by atoms with van der Waals surface area (Å²) in [5.74, 6) is -0.271. The molecule has 2 aromatic rings. The average molecular weight is 387 g/mol. The second-order valence-electron chi connectivity index (χ2n) is 7.37. The van der Waals surface area contributed by atoms with E-state index in [2.05, 4.69) is 10.0 Å². The van der Waals surface area contributed by atoms with E-state index in [1.54, 1.807) is 13.8 Å². The molecule has 0 spiro atoms. The Morgan fingerprint density at radius 1 is 1.07 bits per heavy atom. The summed E-state index contributed by atoms with van der Waals surface area (Å²) in [5, 5.41) is 2.92. The molecule has 3 rings (SSSR count). The first kappa shape index (κ1) is 19.6. The number of amides is 1. The van der Waals surface area contributed by atoms with Gasteiger partial charge in [0.1, 0.15) is 6.04 Å². The van der Waals surface area contributed by atoms with Gasteiger partial charge in [0.15, 0.2) is 0 Å². The minimum atomic E-state index is -3.83. The van der Waals surface area contributed by atoms with Crippen molar-refractivity contribution < 1.29 is 13.2 Å². The molecule has 1 aliphatic carbocycles. The number of aryl methyl sites for hydroxylation is 3. The maximum Gasteiger partial charge on any atom is 0.241 e. The minimum Gasteiger partial charge on any atom is -0.352 e. The molecule has 5 nitrogen and oxygen atoms in total. The lowest BCUT2D eigenvalue weighted by atomic mass is 10.1. The molecule has 0 aromatic heterocycles. The molecule has 27 heavy (non-hydrogen) atoms. The van der Waals surface area contributed by atoms with Crippen LogP contribution in [0.2, 0.25) is 0 Å². The molecule has 0 saturated heterocycles. The third-order valence-electron chi connectivity index (χ3n) is 4.69. The van der Waals surface area contributed by atoms with E-state index < -0.39 is 16.1 Å². The molecule has 1 fully saturated rings. The van der Waals surface area contributed by atoms with E-state index in [1.165, 1.54) is 0 Å². The van der Waals surface area contributed by atoms with Crippen molar-refractivity contribution in [3.05, 3.63) is 64.7 Å². The Bertz CT molecular complexity index is 912. The molecular formula is C21H26N2O3S. The van der Waals surface area contributed by atoms with E-state index in [1.807, 2.05) is 49.4 Å². The lowest BCUT2D eigenvalue weighted by Gasteiger charge is -2.20. The predicted octanol–water partition coefficient (Wildman–Crippen LogP) is 2.78. The first-order valence-electron chi connectivity index (χ1n) is 9.21. The molecule has 0 unspecified atom stereocenters. The van der Waals surface area contributed by atoms with E-state index in [0.29, 0.717) is 17.5 Å². The highest BCUT2D eigenvalue weighted by atomic mass is 32.2. The van der Waals surface area contributed by atoms with Crippen LogP contribution in [0.15, 0.2) is 47.4 Å². The van der Waals surface area contributed by atoms with Crippen LogP contribution in [0.25, 0.3) is 0 Å². The van der Waals surface area contributed by atoms with Crippen molar-refractivity contribution in [2.24, 2.45) is 0 Å². The Kier molecular flexibility index (Phi) is 5.67. The zero-order chi connectivity index (χ0) is 19.6. The van der Waals surface area contributed by atoms with Gasteiger partial charge in [-0.25, -0.2) is 8.42 Å². The van der Waals surface area contributed by atoms with E-state index in [9.17, 15) is 13.2 Å². The Morgan fingerprint density at radius 2 is 1.67 bits per heavy atom. The van der Waals surface area contributed by atoms with Crippen LogP contribution in [-0.2, 0) is 21.2 Å². The minimum absolute atomic E-state index is 0.170. The quantitative estimate of drug-likeness (QED) is 0.768. The molecule has 1 amide bonds. The molecule has 1 aliphatic rings. The van der Waals surface area contributed by atoms with Crippen LogP contribution in [0.5, 0.6) is 0 Å². The molecule has 144 valence electrons. The van der Waals surface area contributed by atoms with Crippen LogP contribution in [0, 0.1) is 20.8 Å². The SMILES string of the molecule is Cc1cc(C)c(S(=O)(=O)N[C@@H](Cc2ccccc2)C(=O)NC2CC2)c(C)c1. The number of nitrogens with one attached hydrogen (secondary N) is 2. The number of carbonyl (C=O) groups is 1. The van der Waals surface area contributed by atoms with Gasteiger partial charge in [-0.15, -0.1) is 0 Å². The maximum absolute atomic E-state index is 13.1. The number of rotatable bonds is 7. The Balaban J connectivity index is 1.89. The fourth-order valence-corrected chi connectivity index (χ4v) is 5.05. The number of sulfonamides is 1. The second-order valence-corrected chi connectivity index (χ2v) is 9.03. The monoisotopic (exact) mass is 386 g/mol. The molecule has 0 aliphatic heterocycles. The third-order valence-corrected chi connectivity index (χ3v) is 6.47. The van der Waals surface area contributed by atoms with E-state index in [-0.39, 0.29) is 16.8 Å². The normalized spacial score (nSPS) is 15.4. The van der Waals surface area contributed by atoms with Crippen LogP contribution in [0.1, 0.15) is 35.1 Å². The summed E-state index contributed by atoms with van der Waals surface area (Å²) in [4.78, 5) is 12.9. The molecule has 1 atom stereocenters. The van der Waals surface area contributed by atoms with Gasteiger partial charge in [-0.2, -0.15) is 4.72 Å². The van der Waals surface area contributed by atoms with E-state index in [4.69, 9.17) is 0 Å². The summed E-state index contributed by atoms with van der Waals surface area (Å²) >= 11 is 0. The number of carbonyl (C=O) groups excluding carboxylic acids is 1. The number of benzene rings is 2. The van der Waals surface area contributed by atoms with Crippen molar-refractivity contribution in [3.63, 3.8) is 0 Å². The standard InChI is InChI=1S/C21H26N2O3S/c1-14-11-15(2)20(16(3)12-14)27(25,26)23-19(21(24)22-18-9-10-18)13-17-7-5-4-6-8-17/h4-8,11-12,18-19,23H,9-10,13H2,1-3H3,(H,22,24)/t19-/m0/s1. The van der Waals surface area contributed by atoms with Crippen LogP contribution in [-0.4, -0.2) is 26.4 Å². The molecule has 2 N–H and O–H groups in total. The van der Waals surface area contributed by atoms with Crippen molar-refractivity contribution in [2.75, 3.05) is 0 Å². The van der Waals surface area contributed by atoms with E-state index >= 15 is 0 Å². The van der Waals surface area contributed by atoms with Crippen molar-refractivity contribution in [1.82, 2.24) is 10.0 Å². The van der Waals surface area contributed by atoms with Gasteiger partial charge in [-0.1, -0.05) is 48.0 Å². The summed E-state index contributed by atoms with van der Waals surface area (Å²) in [6, 6.07) is 12.5. The topological polar surface area (TPSA) is 75.3 Å². The zero-order valence-corrected chi connectivity index (χ0v) is 16.8. The van der Waals surface area contributed by atoms with Gasteiger partial charge >= 0.3 is 0 Å². The molecule has 0 heterocycles. The van der Waals surface area contributed by atoms with Gasteiger partial charge in [0, 0.05) is 6.04 Å². The Morgan fingerprint density at radius 3 is 2.22 bits per heavy atom. The summed E-state index contributed by atoms with van der Waals surface area (Å²) in [6.07, 6.45) is 2.21. The number of hydrogen-bond donors (Lipinski definition) is 2. The third kappa shape index (κ3) is 4.96. The van der Waals surface area contributed by atoms with E-state index in [0.717, 1.165) is 24.0 Å². The maximum atomic E-state index is 13.1. The Hall–Kier alpha value is -2.18. The van der Waals surface area contributed by atoms with Crippen LogP contribution in [0.4, 0.5) is 0 Å². The molecule has 0 radical (unpaired) electrons. The highest BCUT2D eigenvalue weighted by Crippen LogP contribution is 2.23. The zero-order valence-electron chi connectivity index (χ0n) is 16.0. The van der Waals surface area contributed by atoms with Gasteiger partial charge in [0.25, 0.3) is 0 Å². The average Bonchev–Trinajstić information content (AvgIpc) is 3.37. The molecule has 0 bridgehead atoms. The highest BCUT2D eigenvalue weighted by molar-refractivity contribution is 7.89. The number of hydrogen-bond acceptors (Lipinski definition) is 3. The predicted molar refractivity (Wildman–Crippen MR) is 106 cm³/mol. The summed E-state index contributed by atoms with van der Waals surface area (Å²) < 4.78 is 28.9. The lowest BCUT2D eigenvalue weighted by molar-refractivity contribution is -0.122. The molecule has 1 saturated carbocycles. The molecular weight excluding hydrogens is 360 g/mol. The van der Waals surface area contributed by atoms with Crippen LogP contribution >= 0.6 is 0 Å². The molecule has 2 aromatic carbocycles. The summed E-state index contributed by atoms with van der Waals surface area (Å²) in [5.41, 5.74) is 3.28. The van der Waals surface area contributed by atoms with Gasteiger partial charge in [0.2, 0.25) is 15.9 Å². The first-order chi connectivity index (χ1) is 12.8. The van der Waals surface area contributed by atoms with Crippen molar-refractivity contribution >= 4 is 15.9 Å². The second kappa shape index (κ2) is 7.82. The highest BCUT2D eigenvalue weighted by Gasteiger charge is 2.31.